The lowest BCUT2D eigenvalue weighted by atomic mass is 10.1. The van der Waals surface area contributed by atoms with Crippen LogP contribution in [0.3, 0.4) is 0 Å². The number of anilines is 2. The van der Waals surface area contributed by atoms with Crippen molar-refractivity contribution < 1.29 is 9.90 Å². The first-order valence-electron chi connectivity index (χ1n) is 5.55. The summed E-state index contributed by atoms with van der Waals surface area (Å²) in [6.07, 6.45) is 2.78. The molecule has 1 heterocycles. The molecule has 1 aromatic rings. The van der Waals surface area contributed by atoms with Crippen LogP contribution >= 0.6 is 0 Å². The predicted molar refractivity (Wildman–Crippen MR) is 69.7 cm³/mol. The van der Waals surface area contributed by atoms with Gasteiger partial charge in [0.1, 0.15) is 0 Å². The molecular weight excluding hydrogens is 216 g/mol. The molecular formula is C13H16N2O2. The highest BCUT2D eigenvalue weighted by Crippen LogP contribution is 2.32. The average Bonchev–Trinajstić information content (AvgIpc) is 2.31. The molecule has 0 saturated carbocycles. The number of carboxylic acid groups (broad SMARTS) is 1. The van der Waals surface area contributed by atoms with E-state index in [0.29, 0.717) is 0 Å². The van der Waals surface area contributed by atoms with Crippen molar-refractivity contribution in [2.45, 2.75) is 0 Å². The Morgan fingerprint density at radius 1 is 1.24 bits per heavy atom. The van der Waals surface area contributed by atoms with Crippen LogP contribution in [0.2, 0.25) is 0 Å². The van der Waals surface area contributed by atoms with Crippen LogP contribution in [0.25, 0.3) is 6.08 Å². The molecule has 0 fully saturated rings. The van der Waals surface area contributed by atoms with Crippen molar-refractivity contribution in [1.82, 2.24) is 0 Å². The molecule has 90 valence electrons. The molecule has 0 aliphatic carbocycles. The Morgan fingerprint density at radius 3 is 2.53 bits per heavy atom. The minimum Gasteiger partial charge on any atom is -0.478 e. The van der Waals surface area contributed by atoms with Crippen molar-refractivity contribution in [2.75, 3.05) is 37.0 Å². The summed E-state index contributed by atoms with van der Waals surface area (Å²) in [7, 11) is 4.12. The molecule has 0 radical (unpaired) electrons. The molecule has 0 aromatic heterocycles. The van der Waals surface area contributed by atoms with Crippen molar-refractivity contribution in [3.05, 3.63) is 29.8 Å². The molecule has 1 aliphatic rings. The van der Waals surface area contributed by atoms with Gasteiger partial charge in [-0.3, -0.25) is 0 Å². The fourth-order valence-corrected chi connectivity index (χ4v) is 1.98. The first-order chi connectivity index (χ1) is 8.08. The standard InChI is InChI=1S/C13H16N2O2/c1-14-7-8-15(2)12-9-10(3-5-11(12)14)4-6-13(16)17/h3-6,9H,7-8H2,1-2H3,(H,16,17). The summed E-state index contributed by atoms with van der Waals surface area (Å²) in [6.45, 7) is 1.99. The Hall–Kier alpha value is -1.97. The molecule has 2 rings (SSSR count). The van der Waals surface area contributed by atoms with E-state index >= 15 is 0 Å². The molecule has 4 heteroatoms. The predicted octanol–water partition coefficient (Wildman–Crippen LogP) is 1.67. The third-order valence-electron chi connectivity index (χ3n) is 3.01. The van der Waals surface area contributed by atoms with Crippen LogP contribution in [0, 0.1) is 0 Å². The molecule has 0 unspecified atom stereocenters. The van der Waals surface area contributed by atoms with Crippen LogP contribution in [0.4, 0.5) is 11.4 Å². The van der Waals surface area contributed by atoms with Crippen LogP contribution in [-0.4, -0.2) is 38.3 Å². The molecule has 1 aromatic carbocycles. The van der Waals surface area contributed by atoms with Gasteiger partial charge in [0.05, 0.1) is 11.4 Å². The van der Waals surface area contributed by atoms with E-state index in [0.717, 1.165) is 30.4 Å². The average molecular weight is 232 g/mol. The molecule has 4 nitrogen and oxygen atoms in total. The zero-order valence-corrected chi connectivity index (χ0v) is 10.1. The van der Waals surface area contributed by atoms with Crippen LogP contribution in [0.5, 0.6) is 0 Å². The lowest BCUT2D eigenvalue weighted by Crippen LogP contribution is -2.36. The minimum atomic E-state index is -0.923. The molecule has 1 aliphatic heterocycles. The van der Waals surface area contributed by atoms with Crippen LogP contribution in [-0.2, 0) is 4.79 Å². The van der Waals surface area contributed by atoms with Gasteiger partial charge in [-0.15, -0.1) is 0 Å². The summed E-state index contributed by atoms with van der Waals surface area (Å²) < 4.78 is 0. The molecule has 0 bridgehead atoms. The zero-order valence-electron chi connectivity index (χ0n) is 10.1. The highest BCUT2D eigenvalue weighted by Gasteiger charge is 2.17. The second-order valence-electron chi connectivity index (χ2n) is 4.26. The summed E-state index contributed by atoms with van der Waals surface area (Å²) in [4.78, 5) is 14.9. The van der Waals surface area contributed by atoms with E-state index in [1.54, 1.807) is 6.08 Å². The maximum absolute atomic E-state index is 10.5. The van der Waals surface area contributed by atoms with Gasteiger partial charge in [-0.05, 0) is 23.8 Å². The highest BCUT2D eigenvalue weighted by atomic mass is 16.4. The van der Waals surface area contributed by atoms with E-state index in [1.165, 1.54) is 5.69 Å². The van der Waals surface area contributed by atoms with Crippen LogP contribution in [0.1, 0.15) is 5.56 Å². The van der Waals surface area contributed by atoms with E-state index in [2.05, 4.69) is 23.9 Å². The second-order valence-corrected chi connectivity index (χ2v) is 4.26. The van der Waals surface area contributed by atoms with Crippen molar-refractivity contribution in [1.29, 1.82) is 0 Å². The lowest BCUT2D eigenvalue weighted by molar-refractivity contribution is -0.131. The Morgan fingerprint density at radius 2 is 1.88 bits per heavy atom. The van der Waals surface area contributed by atoms with Gasteiger partial charge < -0.3 is 14.9 Å². The normalized spacial score (nSPS) is 15.2. The van der Waals surface area contributed by atoms with Crippen molar-refractivity contribution in [3.8, 4) is 0 Å². The maximum Gasteiger partial charge on any atom is 0.328 e. The molecule has 0 atom stereocenters. The number of rotatable bonds is 2. The topological polar surface area (TPSA) is 43.8 Å². The van der Waals surface area contributed by atoms with Crippen molar-refractivity contribution in [2.24, 2.45) is 0 Å². The zero-order chi connectivity index (χ0) is 12.4. The quantitative estimate of drug-likeness (QED) is 0.788. The number of hydrogen-bond donors (Lipinski definition) is 1. The molecule has 17 heavy (non-hydrogen) atoms. The summed E-state index contributed by atoms with van der Waals surface area (Å²) in [5.74, 6) is -0.923. The summed E-state index contributed by atoms with van der Waals surface area (Å²) in [5, 5.41) is 8.60. The number of nitrogens with zero attached hydrogens (tertiary/aromatic N) is 2. The Kier molecular flexibility index (Phi) is 3.04. The third kappa shape index (κ3) is 2.41. The highest BCUT2D eigenvalue weighted by molar-refractivity contribution is 5.86. The first-order valence-corrected chi connectivity index (χ1v) is 5.55. The van der Waals surface area contributed by atoms with Gasteiger partial charge in [0.15, 0.2) is 0 Å². The second kappa shape index (κ2) is 4.49. The number of hydrogen-bond acceptors (Lipinski definition) is 3. The van der Waals surface area contributed by atoms with Crippen molar-refractivity contribution in [3.63, 3.8) is 0 Å². The van der Waals surface area contributed by atoms with E-state index in [-0.39, 0.29) is 0 Å². The summed E-state index contributed by atoms with van der Waals surface area (Å²) >= 11 is 0. The van der Waals surface area contributed by atoms with E-state index in [4.69, 9.17) is 5.11 Å². The van der Waals surface area contributed by atoms with Crippen LogP contribution < -0.4 is 9.80 Å². The number of benzene rings is 1. The maximum atomic E-state index is 10.5. The number of aliphatic carboxylic acids is 1. The first kappa shape index (κ1) is 11.5. The van der Waals surface area contributed by atoms with Gasteiger partial charge in [-0.1, -0.05) is 6.07 Å². The van der Waals surface area contributed by atoms with Crippen LogP contribution in [0.15, 0.2) is 24.3 Å². The van der Waals surface area contributed by atoms with Gasteiger partial charge in [0, 0.05) is 33.3 Å². The number of carboxylic acids is 1. The molecule has 1 N–H and O–H groups in total. The number of likely N-dealkylation sites (N-methyl/N-ethyl adjacent to an activating group) is 2. The Balaban J connectivity index is 2.35. The third-order valence-corrected chi connectivity index (χ3v) is 3.01. The smallest absolute Gasteiger partial charge is 0.328 e. The number of carbonyl (C=O) groups is 1. The van der Waals surface area contributed by atoms with E-state index in [1.807, 2.05) is 18.2 Å². The lowest BCUT2D eigenvalue weighted by Gasteiger charge is -2.34. The van der Waals surface area contributed by atoms with Gasteiger partial charge in [0.2, 0.25) is 0 Å². The van der Waals surface area contributed by atoms with Gasteiger partial charge in [-0.25, -0.2) is 4.79 Å². The molecule has 0 amide bonds. The summed E-state index contributed by atoms with van der Waals surface area (Å²) in [6, 6.07) is 5.99. The van der Waals surface area contributed by atoms with E-state index < -0.39 is 5.97 Å². The largest absolute Gasteiger partial charge is 0.478 e. The molecule has 0 saturated heterocycles. The minimum absolute atomic E-state index is 0.910. The Bertz CT molecular complexity index is 468. The van der Waals surface area contributed by atoms with Gasteiger partial charge in [-0.2, -0.15) is 0 Å². The fourth-order valence-electron chi connectivity index (χ4n) is 1.98. The SMILES string of the molecule is CN1CCN(C)c2cc(C=CC(=O)O)ccc21. The summed E-state index contributed by atoms with van der Waals surface area (Å²) in [5.41, 5.74) is 3.24. The molecule has 0 spiro atoms. The monoisotopic (exact) mass is 232 g/mol. The van der Waals surface area contributed by atoms with Gasteiger partial charge >= 0.3 is 5.97 Å². The Labute approximate surface area is 101 Å². The van der Waals surface area contributed by atoms with Gasteiger partial charge in [0.25, 0.3) is 0 Å². The van der Waals surface area contributed by atoms with Crippen molar-refractivity contribution >= 4 is 23.4 Å². The fraction of sp³-hybridized carbons (Fsp3) is 0.308. The van der Waals surface area contributed by atoms with E-state index in [9.17, 15) is 4.79 Å². The number of fused-ring (bicyclic) bond motifs is 1.